The van der Waals surface area contributed by atoms with Gasteiger partial charge in [-0.2, -0.15) is 4.98 Å². The van der Waals surface area contributed by atoms with Gasteiger partial charge in [-0.05, 0) is 31.2 Å². The Morgan fingerprint density at radius 2 is 1.89 bits per heavy atom. The number of hydrogen-bond donors (Lipinski definition) is 0. The first-order chi connectivity index (χ1) is 13.6. The van der Waals surface area contributed by atoms with Gasteiger partial charge < -0.3 is 18.9 Å². The van der Waals surface area contributed by atoms with Gasteiger partial charge in [0.15, 0.2) is 17.3 Å². The zero-order valence-corrected chi connectivity index (χ0v) is 16.0. The van der Waals surface area contributed by atoms with E-state index in [0.29, 0.717) is 41.7 Å². The number of aromatic nitrogens is 2. The Labute approximate surface area is 162 Å². The van der Waals surface area contributed by atoms with E-state index in [0.717, 1.165) is 11.3 Å². The molecule has 1 aliphatic rings. The van der Waals surface area contributed by atoms with Crippen LogP contribution in [0.25, 0.3) is 11.5 Å². The van der Waals surface area contributed by atoms with Crippen LogP contribution in [0.2, 0.25) is 0 Å². The molecule has 0 N–H and O–H groups in total. The number of amides is 1. The van der Waals surface area contributed by atoms with Crippen molar-refractivity contribution in [1.29, 1.82) is 0 Å². The zero-order chi connectivity index (χ0) is 19.7. The lowest BCUT2D eigenvalue weighted by atomic mass is 10.1. The van der Waals surface area contributed by atoms with Crippen molar-refractivity contribution in [3.05, 3.63) is 53.9 Å². The molecule has 1 amide bonds. The van der Waals surface area contributed by atoms with Crippen LogP contribution in [-0.4, -0.2) is 36.8 Å². The normalized spacial score (nSPS) is 16.5. The van der Waals surface area contributed by atoms with Crippen LogP contribution in [-0.2, 0) is 4.79 Å². The van der Waals surface area contributed by atoms with E-state index < -0.39 is 0 Å². The first-order valence-corrected chi connectivity index (χ1v) is 9.02. The Balaban J connectivity index is 1.59. The van der Waals surface area contributed by atoms with Crippen LogP contribution in [0.3, 0.4) is 0 Å². The molecule has 7 nitrogen and oxygen atoms in total. The highest BCUT2D eigenvalue weighted by Crippen LogP contribution is 2.38. The summed E-state index contributed by atoms with van der Waals surface area (Å²) in [4.78, 5) is 18.8. The van der Waals surface area contributed by atoms with Crippen molar-refractivity contribution in [2.24, 2.45) is 0 Å². The summed E-state index contributed by atoms with van der Waals surface area (Å²) >= 11 is 0. The summed E-state index contributed by atoms with van der Waals surface area (Å²) in [6, 6.07) is 13.4. The summed E-state index contributed by atoms with van der Waals surface area (Å²) in [5.41, 5.74) is 2.69. The number of nitrogens with zero attached hydrogens (tertiary/aromatic N) is 3. The van der Waals surface area contributed by atoms with Gasteiger partial charge in [-0.25, -0.2) is 0 Å². The third-order valence-corrected chi connectivity index (χ3v) is 4.91. The van der Waals surface area contributed by atoms with E-state index in [1.165, 1.54) is 0 Å². The van der Waals surface area contributed by atoms with Gasteiger partial charge in [-0.1, -0.05) is 28.9 Å². The average molecular weight is 379 g/mol. The number of carbonyl (C=O) groups is 1. The second kappa shape index (κ2) is 7.34. The van der Waals surface area contributed by atoms with E-state index in [1.54, 1.807) is 25.2 Å². The molecule has 144 valence electrons. The second-order valence-corrected chi connectivity index (χ2v) is 6.74. The Bertz CT molecular complexity index is 997. The van der Waals surface area contributed by atoms with Crippen LogP contribution in [0.4, 0.5) is 5.69 Å². The molecule has 0 spiro atoms. The van der Waals surface area contributed by atoms with E-state index in [9.17, 15) is 4.79 Å². The lowest BCUT2D eigenvalue weighted by Crippen LogP contribution is -2.24. The summed E-state index contributed by atoms with van der Waals surface area (Å²) in [6.07, 6.45) is 0.349. The molecule has 2 heterocycles. The molecule has 3 aromatic rings. The lowest BCUT2D eigenvalue weighted by Gasteiger charge is -2.16. The highest BCUT2D eigenvalue weighted by Gasteiger charge is 2.35. The molecule has 1 saturated heterocycles. The predicted octanol–water partition coefficient (Wildman–Crippen LogP) is 3.58. The van der Waals surface area contributed by atoms with E-state index >= 15 is 0 Å². The Morgan fingerprint density at radius 1 is 1.11 bits per heavy atom. The molecule has 0 unspecified atom stereocenters. The SMILES string of the molecule is COc1cccc(-c2nc([C@@H]3CC(=O)N(c4ccc(C)cc4)C3)no2)c1OC. The molecular weight excluding hydrogens is 358 g/mol. The standard InChI is InChI=1S/C21H21N3O4/c1-13-7-9-15(10-8-13)24-12-14(11-18(24)25)20-22-21(28-23-20)16-5-4-6-17(26-2)19(16)27-3/h4-10,14H,11-12H2,1-3H3/t14-/m1/s1. The topological polar surface area (TPSA) is 77.7 Å². The van der Waals surface area contributed by atoms with E-state index in [4.69, 9.17) is 14.0 Å². The molecule has 4 rings (SSSR count). The number of para-hydroxylation sites is 1. The van der Waals surface area contributed by atoms with Crippen molar-refractivity contribution in [2.45, 2.75) is 19.3 Å². The molecular formula is C21H21N3O4. The summed E-state index contributed by atoms with van der Waals surface area (Å²) in [7, 11) is 3.14. The number of aryl methyl sites for hydroxylation is 1. The molecule has 0 radical (unpaired) electrons. The van der Waals surface area contributed by atoms with Gasteiger partial charge in [0.1, 0.15) is 0 Å². The number of anilines is 1. The second-order valence-electron chi connectivity index (χ2n) is 6.74. The van der Waals surface area contributed by atoms with Crippen molar-refractivity contribution in [1.82, 2.24) is 10.1 Å². The minimum Gasteiger partial charge on any atom is -0.493 e. The van der Waals surface area contributed by atoms with Crippen molar-refractivity contribution in [3.8, 4) is 23.0 Å². The van der Waals surface area contributed by atoms with Crippen LogP contribution in [0, 0.1) is 6.92 Å². The van der Waals surface area contributed by atoms with Crippen molar-refractivity contribution in [2.75, 3.05) is 25.7 Å². The fourth-order valence-electron chi connectivity index (χ4n) is 3.42. The largest absolute Gasteiger partial charge is 0.493 e. The third-order valence-electron chi connectivity index (χ3n) is 4.91. The highest BCUT2D eigenvalue weighted by atomic mass is 16.5. The van der Waals surface area contributed by atoms with Crippen LogP contribution < -0.4 is 14.4 Å². The molecule has 1 aliphatic heterocycles. The lowest BCUT2D eigenvalue weighted by molar-refractivity contribution is -0.117. The van der Waals surface area contributed by atoms with E-state index in [1.807, 2.05) is 43.3 Å². The molecule has 1 fully saturated rings. The minimum absolute atomic E-state index is 0.0548. The van der Waals surface area contributed by atoms with Gasteiger partial charge in [0.05, 0.1) is 19.8 Å². The Hall–Kier alpha value is -3.35. The van der Waals surface area contributed by atoms with Gasteiger partial charge in [0.2, 0.25) is 5.91 Å². The van der Waals surface area contributed by atoms with Crippen molar-refractivity contribution < 1.29 is 18.8 Å². The van der Waals surface area contributed by atoms with Gasteiger partial charge in [0, 0.05) is 24.6 Å². The summed E-state index contributed by atoms with van der Waals surface area (Å²) in [6.45, 7) is 2.54. The van der Waals surface area contributed by atoms with Gasteiger partial charge >= 0.3 is 0 Å². The molecule has 28 heavy (non-hydrogen) atoms. The summed E-state index contributed by atoms with van der Waals surface area (Å²) in [5, 5.41) is 4.12. The van der Waals surface area contributed by atoms with Crippen LogP contribution in [0.1, 0.15) is 23.7 Å². The molecule has 0 bridgehead atoms. The number of rotatable bonds is 5. The average Bonchev–Trinajstić information content (AvgIpc) is 3.35. The molecule has 1 atom stereocenters. The summed E-state index contributed by atoms with van der Waals surface area (Å²) < 4.78 is 16.2. The zero-order valence-electron chi connectivity index (χ0n) is 16.0. The fraction of sp³-hybridized carbons (Fsp3) is 0.286. The van der Waals surface area contributed by atoms with E-state index in [-0.39, 0.29) is 11.8 Å². The fourth-order valence-corrected chi connectivity index (χ4v) is 3.42. The number of methoxy groups -OCH3 is 2. The smallest absolute Gasteiger partial charge is 0.261 e. The molecule has 7 heteroatoms. The Kier molecular flexibility index (Phi) is 4.73. The molecule has 0 saturated carbocycles. The van der Waals surface area contributed by atoms with E-state index in [2.05, 4.69) is 10.1 Å². The maximum absolute atomic E-state index is 12.5. The third kappa shape index (κ3) is 3.19. The Morgan fingerprint density at radius 3 is 2.61 bits per heavy atom. The maximum Gasteiger partial charge on any atom is 0.261 e. The summed E-state index contributed by atoms with van der Waals surface area (Å²) in [5.74, 6) is 1.90. The number of benzene rings is 2. The maximum atomic E-state index is 12.5. The minimum atomic E-state index is -0.122. The number of carbonyl (C=O) groups excluding carboxylic acids is 1. The quantitative estimate of drug-likeness (QED) is 0.674. The monoisotopic (exact) mass is 379 g/mol. The van der Waals surface area contributed by atoms with Crippen LogP contribution in [0.5, 0.6) is 11.5 Å². The highest BCUT2D eigenvalue weighted by molar-refractivity contribution is 5.96. The molecule has 2 aromatic carbocycles. The first kappa shape index (κ1) is 18.0. The van der Waals surface area contributed by atoms with Gasteiger partial charge in [0.25, 0.3) is 5.89 Å². The van der Waals surface area contributed by atoms with Crippen molar-refractivity contribution >= 4 is 11.6 Å². The molecule has 0 aliphatic carbocycles. The van der Waals surface area contributed by atoms with Gasteiger partial charge in [-0.3, -0.25) is 4.79 Å². The number of hydrogen-bond acceptors (Lipinski definition) is 6. The number of ether oxygens (including phenoxy) is 2. The molecule has 1 aromatic heterocycles. The first-order valence-electron chi connectivity index (χ1n) is 9.02. The van der Waals surface area contributed by atoms with Crippen LogP contribution >= 0.6 is 0 Å². The predicted molar refractivity (Wildman–Crippen MR) is 104 cm³/mol. The van der Waals surface area contributed by atoms with Gasteiger partial charge in [-0.15, -0.1) is 0 Å². The van der Waals surface area contributed by atoms with Crippen LogP contribution in [0.15, 0.2) is 47.0 Å². The van der Waals surface area contributed by atoms with Crippen molar-refractivity contribution in [3.63, 3.8) is 0 Å².